The van der Waals surface area contributed by atoms with Crippen LogP contribution in [0.4, 0.5) is 0 Å². The topological polar surface area (TPSA) is 63.6 Å². The number of carbonyl (C=O) groups is 2. The smallest absolute Gasteiger partial charge is 0.347 e. The molecule has 98 valence electrons. The van der Waals surface area contributed by atoms with Gasteiger partial charge in [-0.1, -0.05) is 24.3 Å². The molecule has 1 heterocycles. The Labute approximate surface area is 114 Å². The lowest BCUT2D eigenvalue weighted by molar-refractivity contribution is -0.130. The van der Waals surface area contributed by atoms with Crippen molar-refractivity contribution in [2.24, 2.45) is 0 Å². The van der Waals surface area contributed by atoms with Crippen molar-refractivity contribution >= 4 is 17.8 Å². The van der Waals surface area contributed by atoms with Crippen LogP contribution in [0.25, 0.3) is 6.08 Å². The van der Waals surface area contributed by atoms with E-state index >= 15 is 0 Å². The molecule has 0 unspecified atom stereocenters. The van der Waals surface area contributed by atoms with E-state index in [2.05, 4.69) is 0 Å². The molecule has 0 amide bonds. The SMILES string of the molecule is O=C1Oc2ccccc2C(=O)C1=Cc1cccc(O)c1. The summed E-state index contributed by atoms with van der Waals surface area (Å²) in [4.78, 5) is 24.2. The number of rotatable bonds is 1. The third kappa shape index (κ3) is 2.07. The van der Waals surface area contributed by atoms with Gasteiger partial charge in [0.15, 0.2) is 0 Å². The monoisotopic (exact) mass is 266 g/mol. The Hall–Kier alpha value is -2.88. The van der Waals surface area contributed by atoms with Crippen molar-refractivity contribution in [3.63, 3.8) is 0 Å². The summed E-state index contributed by atoms with van der Waals surface area (Å²) in [6.07, 6.45) is 1.42. The molecule has 0 aliphatic carbocycles. The zero-order chi connectivity index (χ0) is 14.1. The number of benzene rings is 2. The number of hydrogen-bond donors (Lipinski definition) is 1. The molecular weight excluding hydrogens is 256 g/mol. The second-order valence-electron chi connectivity index (χ2n) is 4.37. The number of fused-ring (bicyclic) bond motifs is 1. The van der Waals surface area contributed by atoms with Crippen molar-refractivity contribution in [2.75, 3.05) is 0 Å². The predicted octanol–water partition coefficient (Wildman–Crippen LogP) is 2.58. The molecular formula is C16H10O4. The van der Waals surface area contributed by atoms with Crippen LogP contribution < -0.4 is 4.74 Å². The van der Waals surface area contributed by atoms with Crippen LogP contribution in [-0.4, -0.2) is 16.9 Å². The Morgan fingerprint density at radius 1 is 1.00 bits per heavy atom. The minimum absolute atomic E-state index is 0.0469. The third-order valence-electron chi connectivity index (χ3n) is 2.98. The van der Waals surface area contributed by atoms with Gasteiger partial charge in [0.2, 0.25) is 5.78 Å². The van der Waals surface area contributed by atoms with Crippen LogP contribution in [0, 0.1) is 0 Å². The lowest BCUT2D eigenvalue weighted by Gasteiger charge is -2.16. The average Bonchev–Trinajstić information content (AvgIpc) is 2.43. The summed E-state index contributed by atoms with van der Waals surface area (Å²) in [5.74, 6) is -0.718. The number of phenolic OH excluding ortho intramolecular Hbond substituents is 1. The van der Waals surface area contributed by atoms with Crippen molar-refractivity contribution in [2.45, 2.75) is 0 Å². The number of Topliss-reactive ketones (excluding diaryl/α,β-unsaturated/α-hetero) is 1. The first-order chi connectivity index (χ1) is 9.65. The zero-order valence-corrected chi connectivity index (χ0v) is 10.4. The van der Waals surface area contributed by atoms with Crippen LogP contribution in [0.15, 0.2) is 54.1 Å². The van der Waals surface area contributed by atoms with Crippen molar-refractivity contribution in [3.8, 4) is 11.5 Å². The number of phenols is 1. The Balaban J connectivity index is 2.07. The summed E-state index contributed by atoms with van der Waals surface area (Å²) in [5.41, 5.74) is 0.873. The molecule has 0 bridgehead atoms. The highest BCUT2D eigenvalue weighted by molar-refractivity contribution is 6.30. The van der Waals surface area contributed by atoms with Crippen LogP contribution in [-0.2, 0) is 4.79 Å². The van der Waals surface area contributed by atoms with Crippen LogP contribution >= 0.6 is 0 Å². The molecule has 0 spiro atoms. The standard InChI is InChI=1S/C16H10O4/c17-11-5-3-4-10(8-11)9-13-15(18)12-6-1-2-7-14(12)20-16(13)19/h1-9,17H. The summed E-state index contributed by atoms with van der Waals surface area (Å²) in [5, 5.41) is 9.40. The van der Waals surface area contributed by atoms with Crippen LogP contribution in [0.5, 0.6) is 11.5 Å². The molecule has 20 heavy (non-hydrogen) atoms. The van der Waals surface area contributed by atoms with Gasteiger partial charge in [0.1, 0.15) is 17.1 Å². The number of esters is 1. The van der Waals surface area contributed by atoms with E-state index in [0.717, 1.165) is 0 Å². The lowest BCUT2D eigenvalue weighted by atomic mass is 9.98. The average molecular weight is 266 g/mol. The second kappa shape index (κ2) is 4.66. The minimum Gasteiger partial charge on any atom is -0.508 e. The van der Waals surface area contributed by atoms with E-state index in [1.165, 1.54) is 18.2 Å². The molecule has 0 fully saturated rings. The maximum absolute atomic E-state index is 12.3. The van der Waals surface area contributed by atoms with Crippen molar-refractivity contribution in [1.29, 1.82) is 0 Å². The molecule has 0 saturated carbocycles. The summed E-state index contributed by atoms with van der Waals surface area (Å²) in [7, 11) is 0. The molecule has 0 saturated heterocycles. The van der Waals surface area contributed by atoms with Gasteiger partial charge < -0.3 is 9.84 Å². The van der Waals surface area contributed by atoms with Crippen molar-refractivity contribution in [3.05, 3.63) is 65.2 Å². The molecule has 4 heteroatoms. The molecule has 1 aliphatic rings. The lowest BCUT2D eigenvalue weighted by Crippen LogP contribution is -2.24. The van der Waals surface area contributed by atoms with Gasteiger partial charge in [0, 0.05) is 0 Å². The quantitative estimate of drug-likeness (QED) is 0.373. The highest BCUT2D eigenvalue weighted by Crippen LogP contribution is 2.28. The Morgan fingerprint density at radius 3 is 2.60 bits per heavy atom. The molecule has 1 N–H and O–H groups in total. The predicted molar refractivity (Wildman–Crippen MR) is 72.5 cm³/mol. The Bertz CT molecular complexity index is 744. The Kier molecular flexibility index (Phi) is 2.84. The molecule has 0 radical (unpaired) electrons. The first kappa shape index (κ1) is 12.2. The van der Waals surface area contributed by atoms with E-state index in [4.69, 9.17) is 4.74 Å². The van der Waals surface area contributed by atoms with Crippen LogP contribution in [0.2, 0.25) is 0 Å². The van der Waals surface area contributed by atoms with E-state index in [0.29, 0.717) is 11.1 Å². The van der Waals surface area contributed by atoms with Gasteiger partial charge in [-0.25, -0.2) is 4.79 Å². The zero-order valence-electron chi connectivity index (χ0n) is 10.4. The number of ketones is 1. The third-order valence-corrected chi connectivity index (χ3v) is 2.98. The molecule has 0 aromatic heterocycles. The fraction of sp³-hybridized carbons (Fsp3) is 0. The maximum Gasteiger partial charge on any atom is 0.347 e. The molecule has 2 aromatic carbocycles. The number of aromatic hydroxyl groups is 1. The summed E-state index contributed by atoms with van der Waals surface area (Å²) in [6.45, 7) is 0. The van der Waals surface area contributed by atoms with E-state index in [9.17, 15) is 14.7 Å². The van der Waals surface area contributed by atoms with Gasteiger partial charge in [-0.15, -0.1) is 0 Å². The number of ether oxygens (including phenoxy) is 1. The largest absolute Gasteiger partial charge is 0.508 e. The first-order valence-corrected chi connectivity index (χ1v) is 6.02. The fourth-order valence-electron chi connectivity index (χ4n) is 2.04. The van der Waals surface area contributed by atoms with Gasteiger partial charge >= 0.3 is 5.97 Å². The van der Waals surface area contributed by atoms with Gasteiger partial charge in [0.05, 0.1) is 5.56 Å². The van der Waals surface area contributed by atoms with Crippen LogP contribution in [0.1, 0.15) is 15.9 Å². The number of para-hydroxylation sites is 1. The van der Waals surface area contributed by atoms with E-state index < -0.39 is 5.97 Å². The van der Waals surface area contributed by atoms with Crippen molar-refractivity contribution < 1.29 is 19.4 Å². The molecule has 4 nitrogen and oxygen atoms in total. The minimum atomic E-state index is -0.683. The highest BCUT2D eigenvalue weighted by atomic mass is 16.5. The summed E-state index contributed by atoms with van der Waals surface area (Å²) in [6, 6.07) is 12.9. The fourth-order valence-corrected chi connectivity index (χ4v) is 2.04. The van der Waals surface area contributed by atoms with Gasteiger partial charge in [0.25, 0.3) is 0 Å². The van der Waals surface area contributed by atoms with Gasteiger partial charge in [-0.2, -0.15) is 0 Å². The molecule has 0 atom stereocenters. The van der Waals surface area contributed by atoms with E-state index in [1.807, 2.05) is 0 Å². The molecule has 3 rings (SSSR count). The van der Waals surface area contributed by atoms with Gasteiger partial charge in [-0.3, -0.25) is 4.79 Å². The number of carbonyl (C=O) groups excluding carboxylic acids is 2. The van der Waals surface area contributed by atoms with Crippen molar-refractivity contribution in [1.82, 2.24) is 0 Å². The normalized spacial score (nSPS) is 15.9. The maximum atomic E-state index is 12.3. The van der Waals surface area contributed by atoms with E-state index in [-0.39, 0.29) is 22.9 Å². The number of hydrogen-bond acceptors (Lipinski definition) is 4. The molecule has 1 aliphatic heterocycles. The molecule has 2 aromatic rings. The summed E-state index contributed by atoms with van der Waals surface area (Å²) >= 11 is 0. The summed E-state index contributed by atoms with van der Waals surface area (Å²) < 4.78 is 5.13. The van der Waals surface area contributed by atoms with Gasteiger partial charge in [-0.05, 0) is 35.9 Å². The van der Waals surface area contributed by atoms with Crippen LogP contribution in [0.3, 0.4) is 0 Å². The first-order valence-electron chi connectivity index (χ1n) is 6.02. The highest BCUT2D eigenvalue weighted by Gasteiger charge is 2.30. The Morgan fingerprint density at radius 2 is 1.80 bits per heavy atom. The second-order valence-corrected chi connectivity index (χ2v) is 4.37. The van der Waals surface area contributed by atoms with E-state index in [1.54, 1.807) is 36.4 Å².